The van der Waals surface area contributed by atoms with Crippen LogP contribution < -0.4 is 0 Å². The van der Waals surface area contributed by atoms with Gasteiger partial charge < -0.3 is 14.9 Å². The third kappa shape index (κ3) is 4.92. The van der Waals surface area contributed by atoms with Crippen LogP contribution in [0.1, 0.15) is 46.4 Å². The summed E-state index contributed by atoms with van der Waals surface area (Å²) in [6.07, 6.45) is 0. The highest BCUT2D eigenvalue weighted by molar-refractivity contribution is 7.17. The molecule has 1 amide bonds. The number of benzene rings is 2. The normalized spacial score (nSPS) is 16.0. The van der Waals surface area contributed by atoms with Gasteiger partial charge in [-0.05, 0) is 32.5 Å². The monoisotopic (exact) mass is 489 g/mol. The van der Waals surface area contributed by atoms with Gasteiger partial charge in [-0.1, -0.05) is 74.0 Å². The van der Waals surface area contributed by atoms with Gasteiger partial charge >= 0.3 is 0 Å². The molecule has 3 aromatic rings. The fourth-order valence-corrected chi connectivity index (χ4v) is 5.55. The van der Waals surface area contributed by atoms with Crippen LogP contribution in [0.2, 0.25) is 0 Å². The summed E-state index contributed by atoms with van der Waals surface area (Å²) in [5.41, 5.74) is 3.49. The Labute approximate surface area is 210 Å². The van der Waals surface area contributed by atoms with E-state index in [9.17, 15) is 14.7 Å². The molecular formula is C28H31N3O3S. The highest BCUT2D eigenvalue weighted by Crippen LogP contribution is 2.41. The maximum atomic E-state index is 13.9. The van der Waals surface area contributed by atoms with Gasteiger partial charge in [0.05, 0.1) is 22.2 Å². The molecule has 1 aliphatic heterocycles. The fourth-order valence-electron chi connectivity index (χ4n) is 4.53. The van der Waals surface area contributed by atoms with Crippen molar-refractivity contribution in [3.8, 4) is 10.6 Å². The first-order chi connectivity index (χ1) is 16.8. The molecular weight excluding hydrogens is 458 g/mol. The van der Waals surface area contributed by atoms with Crippen LogP contribution in [0.4, 0.5) is 0 Å². The van der Waals surface area contributed by atoms with Crippen LogP contribution >= 0.6 is 11.3 Å². The average Bonchev–Trinajstić information content (AvgIpc) is 3.37. The van der Waals surface area contributed by atoms with E-state index in [4.69, 9.17) is 0 Å². The highest BCUT2D eigenvalue weighted by atomic mass is 32.1. The van der Waals surface area contributed by atoms with Gasteiger partial charge in [-0.15, -0.1) is 11.3 Å². The molecule has 1 aliphatic rings. The Kier molecular flexibility index (Phi) is 7.48. The summed E-state index contributed by atoms with van der Waals surface area (Å²) in [5, 5.41) is 11.7. The van der Waals surface area contributed by atoms with Gasteiger partial charge in [0.1, 0.15) is 5.01 Å². The largest absolute Gasteiger partial charge is 0.503 e. The van der Waals surface area contributed by atoms with Crippen molar-refractivity contribution >= 4 is 23.0 Å². The number of nitrogens with zero attached hydrogens (tertiary/aromatic N) is 3. The number of aromatic nitrogens is 1. The SMILES string of the molecule is CCN(CC)CCN1C(=O)C(O)=C(C(=O)c2sc(-c3ccccc3)nc2C)C1c1cccc(C)c1. The Balaban J connectivity index is 1.75. The van der Waals surface area contributed by atoms with Crippen LogP contribution in [-0.2, 0) is 4.79 Å². The standard InChI is InChI=1S/C28H31N3O3S/c1-5-30(6-2)15-16-31-23(21-14-10-11-18(3)17-21)22(25(33)28(31)34)24(32)26-19(4)29-27(35-26)20-12-8-7-9-13-20/h7-14,17,23,33H,5-6,15-16H2,1-4H3. The fraction of sp³-hybridized carbons (Fsp3) is 0.321. The minimum Gasteiger partial charge on any atom is -0.503 e. The predicted molar refractivity (Wildman–Crippen MR) is 140 cm³/mol. The minimum atomic E-state index is -0.646. The Hall–Kier alpha value is -3.29. The number of Topliss-reactive ketones (excluding diaryl/α,β-unsaturated/α-hetero) is 1. The molecule has 1 atom stereocenters. The number of carbonyl (C=O) groups excluding carboxylic acids is 2. The van der Waals surface area contributed by atoms with E-state index in [1.165, 1.54) is 11.3 Å². The highest BCUT2D eigenvalue weighted by Gasteiger charge is 2.44. The van der Waals surface area contributed by atoms with E-state index in [1.807, 2.05) is 61.5 Å². The van der Waals surface area contributed by atoms with Gasteiger partial charge in [-0.3, -0.25) is 9.59 Å². The molecule has 1 N–H and O–H groups in total. The number of aliphatic hydroxyl groups excluding tert-OH is 1. The Morgan fingerprint density at radius 1 is 1.09 bits per heavy atom. The number of hydrogen-bond acceptors (Lipinski definition) is 6. The van der Waals surface area contributed by atoms with E-state index < -0.39 is 17.7 Å². The molecule has 2 heterocycles. The predicted octanol–water partition coefficient (Wildman–Crippen LogP) is 5.35. The van der Waals surface area contributed by atoms with Crippen molar-refractivity contribution in [1.29, 1.82) is 0 Å². The smallest absolute Gasteiger partial charge is 0.290 e. The Morgan fingerprint density at radius 2 is 1.80 bits per heavy atom. The van der Waals surface area contributed by atoms with Crippen molar-refractivity contribution in [2.45, 2.75) is 33.7 Å². The van der Waals surface area contributed by atoms with E-state index >= 15 is 0 Å². The van der Waals surface area contributed by atoms with Gasteiger partial charge in [0.15, 0.2) is 5.76 Å². The number of rotatable bonds is 9. The van der Waals surface area contributed by atoms with Gasteiger partial charge in [-0.25, -0.2) is 4.98 Å². The van der Waals surface area contributed by atoms with Crippen LogP contribution in [0, 0.1) is 13.8 Å². The van der Waals surface area contributed by atoms with E-state index in [1.54, 1.807) is 11.8 Å². The molecule has 4 rings (SSSR count). The van der Waals surface area contributed by atoms with Crippen molar-refractivity contribution in [3.63, 3.8) is 0 Å². The van der Waals surface area contributed by atoms with Gasteiger partial charge in [0.25, 0.3) is 5.91 Å². The maximum absolute atomic E-state index is 13.9. The first-order valence-electron chi connectivity index (χ1n) is 12.0. The Morgan fingerprint density at radius 3 is 2.46 bits per heavy atom. The molecule has 182 valence electrons. The second-order valence-electron chi connectivity index (χ2n) is 8.73. The van der Waals surface area contributed by atoms with Crippen LogP contribution in [0.25, 0.3) is 10.6 Å². The summed E-state index contributed by atoms with van der Waals surface area (Å²) < 4.78 is 0. The summed E-state index contributed by atoms with van der Waals surface area (Å²) in [6, 6.07) is 16.8. The molecule has 0 saturated carbocycles. The number of aryl methyl sites for hydroxylation is 2. The van der Waals surface area contributed by atoms with Crippen molar-refractivity contribution in [3.05, 3.63) is 87.6 Å². The Bertz CT molecular complexity index is 1260. The van der Waals surface area contributed by atoms with Crippen molar-refractivity contribution in [1.82, 2.24) is 14.8 Å². The topological polar surface area (TPSA) is 73.7 Å². The molecule has 0 spiro atoms. The zero-order valence-corrected chi connectivity index (χ0v) is 21.4. The molecule has 0 radical (unpaired) electrons. The number of ketones is 1. The summed E-state index contributed by atoms with van der Waals surface area (Å²) in [5.74, 6) is -1.31. The molecule has 6 nitrogen and oxygen atoms in total. The van der Waals surface area contributed by atoms with Gasteiger partial charge in [-0.2, -0.15) is 0 Å². The third-order valence-corrected chi connectivity index (χ3v) is 7.69. The lowest BCUT2D eigenvalue weighted by molar-refractivity contribution is -0.129. The maximum Gasteiger partial charge on any atom is 0.290 e. The number of aliphatic hydroxyl groups is 1. The molecule has 0 saturated heterocycles. The molecule has 2 aromatic carbocycles. The summed E-state index contributed by atoms with van der Waals surface area (Å²) in [7, 11) is 0. The van der Waals surface area contributed by atoms with Crippen molar-refractivity contribution in [2.24, 2.45) is 0 Å². The van der Waals surface area contributed by atoms with Crippen molar-refractivity contribution < 1.29 is 14.7 Å². The van der Waals surface area contributed by atoms with Crippen LogP contribution in [0.3, 0.4) is 0 Å². The molecule has 7 heteroatoms. The van der Waals surface area contributed by atoms with E-state index in [2.05, 4.69) is 23.7 Å². The van der Waals surface area contributed by atoms with E-state index in [0.717, 1.165) is 34.8 Å². The molecule has 35 heavy (non-hydrogen) atoms. The lowest BCUT2D eigenvalue weighted by Crippen LogP contribution is -2.38. The first-order valence-corrected chi connectivity index (χ1v) is 12.8. The first kappa shape index (κ1) is 24.8. The quantitative estimate of drug-likeness (QED) is 0.410. The van der Waals surface area contributed by atoms with Crippen LogP contribution in [0.5, 0.6) is 0 Å². The number of amides is 1. The summed E-state index contributed by atoms with van der Waals surface area (Å²) in [6.45, 7) is 10.7. The zero-order valence-electron chi connectivity index (χ0n) is 20.6. The lowest BCUT2D eigenvalue weighted by Gasteiger charge is -2.29. The second-order valence-corrected chi connectivity index (χ2v) is 9.73. The molecule has 0 fully saturated rings. The second kappa shape index (κ2) is 10.5. The average molecular weight is 490 g/mol. The molecule has 0 aliphatic carbocycles. The van der Waals surface area contributed by atoms with Crippen molar-refractivity contribution in [2.75, 3.05) is 26.2 Å². The zero-order chi connectivity index (χ0) is 25.1. The molecule has 1 unspecified atom stereocenters. The third-order valence-electron chi connectivity index (χ3n) is 6.48. The number of hydrogen-bond donors (Lipinski definition) is 1. The lowest BCUT2D eigenvalue weighted by atomic mass is 9.94. The molecule has 0 bridgehead atoms. The van der Waals surface area contributed by atoms with E-state index in [0.29, 0.717) is 23.7 Å². The summed E-state index contributed by atoms with van der Waals surface area (Å²) >= 11 is 1.29. The number of thiazole rings is 1. The van der Waals surface area contributed by atoms with Gasteiger partial charge in [0.2, 0.25) is 5.78 Å². The summed E-state index contributed by atoms with van der Waals surface area (Å²) in [4.78, 5) is 36.1. The minimum absolute atomic E-state index is 0.131. The van der Waals surface area contributed by atoms with Crippen LogP contribution in [0.15, 0.2) is 65.9 Å². The molecule has 1 aromatic heterocycles. The van der Waals surface area contributed by atoms with E-state index in [-0.39, 0.29) is 11.4 Å². The number of likely N-dealkylation sites (N-methyl/N-ethyl adjacent to an activating group) is 1. The number of carbonyl (C=O) groups is 2. The van der Waals surface area contributed by atoms with Crippen LogP contribution in [-0.4, -0.2) is 57.8 Å². The van der Waals surface area contributed by atoms with Gasteiger partial charge in [0, 0.05) is 18.7 Å².